The number of benzene rings is 3. The zero-order valence-corrected chi connectivity index (χ0v) is 16.9. The minimum atomic E-state index is -0.968. The zero-order chi connectivity index (χ0) is 21.3. The van der Waals surface area contributed by atoms with Crippen molar-refractivity contribution in [1.29, 1.82) is 0 Å². The maximum atomic E-state index is 13.6. The van der Waals surface area contributed by atoms with Crippen LogP contribution in [0.3, 0.4) is 0 Å². The Morgan fingerprint density at radius 1 is 1.03 bits per heavy atom. The number of nitrogens with one attached hydrogen (secondary N) is 1. The number of para-hydroxylation sites is 1. The van der Waals surface area contributed by atoms with E-state index in [1.54, 1.807) is 24.3 Å². The summed E-state index contributed by atoms with van der Waals surface area (Å²) in [6, 6.07) is 19.6. The molecule has 0 radical (unpaired) electrons. The summed E-state index contributed by atoms with van der Waals surface area (Å²) in [5.41, 5.74) is 1.84. The van der Waals surface area contributed by atoms with Gasteiger partial charge in [-0.15, -0.1) is 0 Å². The third kappa shape index (κ3) is 3.90. The van der Waals surface area contributed by atoms with E-state index in [9.17, 15) is 19.3 Å². The van der Waals surface area contributed by atoms with Crippen LogP contribution in [0.25, 0.3) is 22.2 Å². The topological polar surface area (TPSA) is 85.1 Å². The summed E-state index contributed by atoms with van der Waals surface area (Å²) in [6.45, 7) is 0. The molecule has 0 saturated heterocycles. The average molecular weight is 466 g/mol. The Morgan fingerprint density at radius 3 is 2.50 bits per heavy atom. The van der Waals surface area contributed by atoms with Crippen molar-refractivity contribution in [2.45, 2.75) is 0 Å². The predicted molar refractivity (Wildman–Crippen MR) is 116 cm³/mol. The first kappa shape index (κ1) is 19.7. The second-order valence-corrected chi connectivity index (χ2v) is 7.37. The molecule has 0 aliphatic carbocycles. The fraction of sp³-hybridized carbons (Fsp3) is 0. The number of nitro benzene ring substituents is 1. The van der Waals surface area contributed by atoms with Crippen LogP contribution in [-0.4, -0.2) is 15.8 Å². The summed E-state index contributed by atoms with van der Waals surface area (Å²) in [5, 5.41) is 14.2. The minimum Gasteiger partial charge on any atom is -0.322 e. The molecule has 0 bridgehead atoms. The summed E-state index contributed by atoms with van der Waals surface area (Å²) < 4.78 is 14.5. The van der Waals surface area contributed by atoms with Crippen molar-refractivity contribution in [3.8, 4) is 11.3 Å². The van der Waals surface area contributed by atoms with Gasteiger partial charge in [0.2, 0.25) is 5.82 Å². The highest BCUT2D eigenvalue weighted by Crippen LogP contribution is 2.27. The summed E-state index contributed by atoms with van der Waals surface area (Å²) in [4.78, 5) is 27.8. The second-order valence-electron chi connectivity index (χ2n) is 6.46. The first-order valence-corrected chi connectivity index (χ1v) is 9.63. The van der Waals surface area contributed by atoms with E-state index >= 15 is 0 Å². The number of hydrogen-bond donors (Lipinski definition) is 1. The first-order chi connectivity index (χ1) is 14.4. The lowest BCUT2D eigenvalue weighted by Crippen LogP contribution is -2.13. The fourth-order valence-electron chi connectivity index (χ4n) is 3.06. The van der Waals surface area contributed by atoms with Gasteiger partial charge in [-0.1, -0.05) is 46.3 Å². The molecule has 3 aromatic carbocycles. The molecule has 148 valence electrons. The number of anilines is 1. The lowest BCUT2D eigenvalue weighted by Gasteiger charge is -2.11. The van der Waals surface area contributed by atoms with E-state index < -0.39 is 22.3 Å². The monoisotopic (exact) mass is 465 g/mol. The van der Waals surface area contributed by atoms with Gasteiger partial charge in [-0.25, -0.2) is 4.98 Å². The smallest absolute Gasteiger partial charge is 0.306 e. The largest absolute Gasteiger partial charge is 0.322 e. The molecule has 4 rings (SSSR count). The normalized spacial score (nSPS) is 10.7. The van der Waals surface area contributed by atoms with Gasteiger partial charge < -0.3 is 5.32 Å². The lowest BCUT2D eigenvalue weighted by molar-refractivity contribution is -0.387. The Bertz CT molecular complexity index is 1290. The zero-order valence-electron chi connectivity index (χ0n) is 15.3. The van der Waals surface area contributed by atoms with E-state index in [1.165, 1.54) is 6.07 Å². The number of rotatable bonds is 4. The van der Waals surface area contributed by atoms with Gasteiger partial charge in [0, 0.05) is 27.2 Å². The summed E-state index contributed by atoms with van der Waals surface area (Å²) >= 11 is 3.39. The van der Waals surface area contributed by atoms with Crippen LogP contribution in [0.4, 0.5) is 15.8 Å². The van der Waals surface area contributed by atoms with E-state index in [-0.39, 0.29) is 5.69 Å². The molecule has 0 unspecified atom stereocenters. The van der Waals surface area contributed by atoms with Crippen LogP contribution in [0.1, 0.15) is 10.4 Å². The van der Waals surface area contributed by atoms with Crippen LogP contribution >= 0.6 is 15.9 Å². The molecule has 1 heterocycles. The lowest BCUT2D eigenvalue weighted by atomic mass is 10.0. The molecule has 0 fully saturated rings. The fourth-order valence-corrected chi connectivity index (χ4v) is 3.32. The maximum absolute atomic E-state index is 13.6. The Hall–Kier alpha value is -3.65. The van der Waals surface area contributed by atoms with Gasteiger partial charge in [0.05, 0.1) is 21.7 Å². The highest BCUT2D eigenvalue weighted by molar-refractivity contribution is 9.10. The number of nitrogens with zero attached hydrogens (tertiary/aromatic N) is 2. The van der Waals surface area contributed by atoms with Crippen LogP contribution in [0, 0.1) is 15.9 Å². The summed E-state index contributed by atoms with van der Waals surface area (Å²) in [6.07, 6.45) is 0. The molecule has 1 amide bonds. The van der Waals surface area contributed by atoms with Gasteiger partial charge in [0.1, 0.15) is 0 Å². The standard InChI is InChI=1S/C22H13BrFN3O3/c23-14-7-5-13(6-8-14)20-12-17(16-3-1-2-4-19(16)26-20)22(28)25-15-9-10-18(24)21(11-15)27(29)30/h1-12H,(H,25,28). The Kier molecular flexibility index (Phi) is 5.24. The number of halogens is 2. The minimum absolute atomic E-state index is 0.124. The molecule has 0 saturated carbocycles. The van der Waals surface area contributed by atoms with E-state index in [0.29, 0.717) is 22.2 Å². The van der Waals surface area contributed by atoms with Crippen molar-refractivity contribution in [3.63, 3.8) is 0 Å². The van der Waals surface area contributed by atoms with Gasteiger partial charge in [0.15, 0.2) is 0 Å². The molecule has 1 aromatic heterocycles. The van der Waals surface area contributed by atoms with E-state index in [4.69, 9.17) is 0 Å². The predicted octanol–water partition coefficient (Wildman–Crippen LogP) is 5.96. The highest BCUT2D eigenvalue weighted by atomic mass is 79.9. The number of pyridine rings is 1. The van der Waals surface area contributed by atoms with E-state index in [0.717, 1.165) is 22.2 Å². The number of nitro groups is 1. The van der Waals surface area contributed by atoms with Crippen LogP contribution in [0.15, 0.2) is 77.3 Å². The van der Waals surface area contributed by atoms with Crippen LogP contribution in [-0.2, 0) is 0 Å². The van der Waals surface area contributed by atoms with Crippen LogP contribution in [0.2, 0.25) is 0 Å². The highest BCUT2D eigenvalue weighted by Gasteiger charge is 2.18. The molecule has 6 nitrogen and oxygen atoms in total. The van der Waals surface area contributed by atoms with Crippen molar-refractivity contribution < 1.29 is 14.1 Å². The maximum Gasteiger partial charge on any atom is 0.306 e. The van der Waals surface area contributed by atoms with E-state index in [1.807, 2.05) is 30.3 Å². The molecular weight excluding hydrogens is 453 g/mol. The third-order valence-corrected chi connectivity index (χ3v) is 5.03. The van der Waals surface area contributed by atoms with Crippen molar-refractivity contribution in [2.75, 3.05) is 5.32 Å². The Morgan fingerprint density at radius 2 is 1.77 bits per heavy atom. The van der Waals surface area contributed by atoms with Crippen molar-refractivity contribution in [2.24, 2.45) is 0 Å². The molecule has 30 heavy (non-hydrogen) atoms. The first-order valence-electron chi connectivity index (χ1n) is 8.83. The Labute approximate surface area is 178 Å². The third-order valence-electron chi connectivity index (χ3n) is 4.50. The van der Waals surface area contributed by atoms with Gasteiger partial charge in [0.25, 0.3) is 5.91 Å². The summed E-state index contributed by atoms with van der Waals surface area (Å²) in [7, 11) is 0. The molecule has 0 atom stereocenters. The second kappa shape index (κ2) is 8.00. The Balaban J connectivity index is 1.77. The van der Waals surface area contributed by atoms with Crippen molar-refractivity contribution >= 4 is 44.1 Å². The number of amides is 1. The molecule has 0 aliphatic rings. The molecule has 0 aliphatic heterocycles. The number of hydrogen-bond acceptors (Lipinski definition) is 4. The molecule has 4 aromatic rings. The van der Waals surface area contributed by atoms with Crippen molar-refractivity contribution in [1.82, 2.24) is 4.98 Å². The van der Waals surface area contributed by atoms with Crippen LogP contribution < -0.4 is 5.32 Å². The van der Waals surface area contributed by atoms with Crippen molar-refractivity contribution in [3.05, 3.63) is 98.8 Å². The quantitative estimate of drug-likeness (QED) is 0.297. The molecule has 1 N–H and O–H groups in total. The SMILES string of the molecule is O=C(Nc1ccc(F)c([N+](=O)[O-])c1)c1cc(-c2ccc(Br)cc2)nc2ccccc12. The molecule has 8 heteroatoms. The number of aromatic nitrogens is 1. The molecular formula is C22H13BrFN3O3. The van der Waals surface area contributed by atoms with Gasteiger partial charge in [-0.2, -0.15) is 4.39 Å². The van der Waals surface area contributed by atoms with Gasteiger partial charge in [-0.3, -0.25) is 14.9 Å². The van der Waals surface area contributed by atoms with Crippen LogP contribution in [0.5, 0.6) is 0 Å². The average Bonchev–Trinajstić information content (AvgIpc) is 2.74. The van der Waals surface area contributed by atoms with Gasteiger partial charge >= 0.3 is 5.69 Å². The summed E-state index contributed by atoms with van der Waals surface area (Å²) in [5.74, 6) is -1.45. The molecule has 0 spiro atoms. The number of carbonyl (C=O) groups is 1. The van der Waals surface area contributed by atoms with Gasteiger partial charge in [-0.05, 0) is 36.4 Å². The number of fused-ring (bicyclic) bond motifs is 1. The van der Waals surface area contributed by atoms with E-state index in [2.05, 4.69) is 26.2 Å². The number of carbonyl (C=O) groups excluding carboxylic acids is 1.